The maximum atomic E-state index is 12.4. The highest BCUT2D eigenvalue weighted by Crippen LogP contribution is 2.27. The first-order valence-electron chi connectivity index (χ1n) is 7.74. The predicted molar refractivity (Wildman–Crippen MR) is 91.6 cm³/mol. The summed E-state index contributed by atoms with van der Waals surface area (Å²) >= 11 is 1.19. The molecule has 0 aliphatic rings. The summed E-state index contributed by atoms with van der Waals surface area (Å²) in [6.07, 6.45) is 4.04. The van der Waals surface area contributed by atoms with Crippen LogP contribution in [0.4, 0.5) is 0 Å². The lowest BCUT2D eigenvalue weighted by atomic mass is 10.2. The van der Waals surface area contributed by atoms with Crippen LogP contribution in [0.1, 0.15) is 40.7 Å². The molecule has 3 rings (SSSR count). The number of ether oxygens (including phenoxy) is 1. The molecule has 0 saturated heterocycles. The first-order chi connectivity index (χ1) is 11.5. The van der Waals surface area contributed by atoms with Crippen LogP contribution in [0.5, 0.6) is 0 Å². The molecular weight excluding hydrogens is 328 g/mol. The third-order valence-corrected chi connectivity index (χ3v) is 4.94. The minimum atomic E-state index is -0.416. The highest BCUT2D eigenvalue weighted by Gasteiger charge is 2.20. The second-order valence-electron chi connectivity index (χ2n) is 5.28. The lowest BCUT2D eigenvalue weighted by Crippen LogP contribution is -2.13. The number of imidazole rings is 1. The monoisotopic (exact) mass is 346 g/mol. The van der Waals surface area contributed by atoms with Gasteiger partial charge in [-0.25, -0.2) is 14.8 Å². The average molecular weight is 346 g/mol. The maximum Gasteiger partial charge on any atom is 0.348 e. The summed E-state index contributed by atoms with van der Waals surface area (Å²) in [5.74, 6) is 0.949. The van der Waals surface area contributed by atoms with Crippen molar-refractivity contribution in [2.45, 2.75) is 33.7 Å². The molecular formula is C16H18N4O3S. The molecule has 0 aliphatic carbocycles. The molecule has 0 bridgehead atoms. The number of thiophene rings is 1. The largest absolute Gasteiger partial charge is 0.462 e. The van der Waals surface area contributed by atoms with Crippen molar-refractivity contribution >= 4 is 27.5 Å². The molecule has 0 aliphatic heterocycles. The molecule has 0 saturated carbocycles. The van der Waals surface area contributed by atoms with Gasteiger partial charge in [-0.2, -0.15) is 0 Å². The molecule has 8 heteroatoms. The van der Waals surface area contributed by atoms with Crippen molar-refractivity contribution < 1.29 is 9.53 Å². The van der Waals surface area contributed by atoms with Gasteiger partial charge in [-0.15, -0.1) is 11.3 Å². The first kappa shape index (κ1) is 16.4. The van der Waals surface area contributed by atoms with Crippen LogP contribution in [0.25, 0.3) is 10.2 Å². The Morgan fingerprint density at radius 3 is 2.92 bits per heavy atom. The van der Waals surface area contributed by atoms with E-state index in [2.05, 4.69) is 15.0 Å². The SMILES string of the molecule is CCOC(=O)c1sc2nc(Cc3nccn3CC)[nH]c(=O)c2c1C. The molecule has 0 unspecified atom stereocenters. The lowest BCUT2D eigenvalue weighted by molar-refractivity contribution is 0.0531. The highest BCUT2D eigenvalue weighted by atomic mass is 32.1. The van der Waals surface area contributed by atoms with Crippen molar-refractivity contribution in [3.63, 3.8) is 0 Å². The number of hydrogen-bond donors (Lipinski definition) is 1. The zero-order chi connectivity index (χ0) is 17.3. The van der Waals surface area contributed by atoms with E-state index >= 15 is 0 Å². The van der Waals surface area contributed by atoms with Crippen molar-refractivity contribution in [1.82, 2.24) is 19.5 Å². The van der Waals surface area contributed by atoms with Gasteiger partial charge >= 0.3 is 5.97 Å². The Morgan fingerprint density at radius 1 is 1.42 bits per heavy atom. The highest BCUT2D eigenvalue weighted by molar-refractivity contribution is 7.20. The minimum Gasteiger partial charge on any atom is -0.462 e. The fraction of sp³-hybridized carbons (Fsp3) is 0.375. The Labute approximate surface area is 142 Å². The predicted octanol–water partition coefficient (Wildman–Crippen LogP) is 2.28. The minimum absolute atomic E-state index is 0.242. The van der Waals surface area contributed by atoms with Crippen molar-refractivity contribution in [2.24, 2.45) is 0 Å². The van der Waals surface area contributed by atoms with E-state index in [1.807, 2.05) is 17.7 Å². The molecule has 0 aromatic carbocycles. The number of carbonyl (C=O) groups excluding carboxylic acids is 1. The maximum absolute atomic E-state index is 12.4. The van der Waals surface area contributed by atoms with Crippen LogP contribution >= 0.6 is 11.3 Å². The number of esters is 1. The number of nitrogens with zero attached hydrogens (tertiary/aromatic N) is 3. The van der Waals surface area contributed by atoms with Gasteiger partial charge in [0.25, 0.3) is 5.56 Å². The molecule has 7 nitrogen and oxygen atoms in total. The number of carbonyl (C=O) groups is 1. The van der Waals surface area contributed by atoms with E-state index in [9.17, 15) is 9.59 Å². The molecule has 126 valence electrons. The number of rotatable bonds is 5. The second-order valence-corrected chi connectivity index (χ2v) is 6.27. The third kappa shape index (κ3) is 2.84. The first-order valence-corrected chi connectivity index (χ1v) is 8.56. The number of aromatic nitrogens is 4. The Balaban J connectivity index is 2.04. The molecule has 1 N–H and O–H groups in total. The van der Waals surface area contributed by atoms with E-state index in [4.69, 9.17) is 4.74 Å². The quantitative estimate of drug-likeness (QED) is 0.716. The summed E-state index contributed by atoms with van der Waals surface area (Å²) in [5.41, 5.74) is 0.373. The number of H-pyrrole nitrogens is 1. The van der Waals surface area contributed by atoms with E-state index in [1.54, 1.807) is 20.0 Å². The van der Waals surface area contributed by atoms with Crippen LogP contribution in [0.15, 0.2) is 17.2 Å². The molecule has 0 spiro atoms. The van der Waals surface area contributed by atoms with Crippen molar-refractivity contribution in [3.8, 4) is 0 Å². The van der Waals surface area contributed by atoms with E-state index in [-0.39, 0.29) is 5.56 Å². The summed E-state index contributed by atoms with van der Waals surface area (Å²) in [6.45, 7) is 6.61. The zero-order valence-electron chi connectivity index (χ0n) is 13.8. The third-order valence-electron chi connectivity index (χ3n) is 3.78. The van der Waals surface area contributed by atoms with Gasteiger partial charge in [0, 0.05) is 18.9 Å². The topological polar surface area (TPSA) is 89.9 Å². The van der Waals surface area contributed by atoms with E-state index in [0.717, 1.165) is 12.4 Å². The van der Waals surface area contributed by atoms with E-state index in [0.29, 0.717) is 39.5 Å². The molecule has 24 heavy (non-hydrogen) atoms. The van der Waals surface area contributed by atoms with Crippen molar-refractivity contribution in [1.29, 1.82) is 0 Å². The van der Waals surface area contributed by atoms with Crippen LogP contribution < -0.4 is 5.56 Å². The van der Waals surface area contributed by atoms with Gasteiger partial charge in [0.1, 0.15) is 21.4 Å². The number of hydrogen-bond acceptors (Lipinski definition) is 6. The second kappa shape index (κ2) is 6.56. The molecule has 0 amide bonds. The summed E-state index contributed by atoms with van der Waals surface area (Å²) < 4.78 is 7.04. The number of aryl methyl sites for hydroxylation is 2. The molecule has 0 fully saturated rings. The molecule has 0 radical (unpaired) electrons. The van der Waals surface area contributed by atoms with Crippen LogP contribution in [-0.2, 0) is 17.7 Å². The van der Waals surface area contributed by atoms with Gasteiger partial charge in [-0.3, -0.25) is 4.79 Å². The smallest absolute Gasteiger partial charge is 0.348 e. The number of fused-ring (bicyclic) bond motifs is 1. The number of aromatic amines is 1. The Bertz CT molecular complexity index is 954. The lowest BCUT2D eigenvalue weighted by Gasteiger charge is -2.04. The summed E-state index contributed by atoms with van der Waals surface area (Å²) in [5, 5.41) is 0.450. The van der Waals surface area contributed by atoms with Gasteiger partial charge in [-0.05, 0) is 26.3 Å². The average Bonchev–Trinajstić information content (AvgIpc) is 3.12. The fourth-order valence-corrected chi connectivity index (χ4v) is 3.70. The van der Waals surface area contributed by atoms with Crippen LogP contribution in [0.3, 0.4) is 0 Å². The molecule has 3 aromatic rings. The van der Waals surface area contributed by atoms with Crippen LogP contribution in [0.2, 0.25) is 0 Å². The van der Waals surface area contributed by atoms with Gasteiger partial charge in [0.15, 0.2) is 0 Å². The Kier molecular flexibility index (Phi) is 4.48. The molecule has 0 atom stereocenters. The normalized spacial score (nSPS) is 11.1. The van der Waals surface area contributed by atoms with Crippen LogP contribution in [-0.4, -0.2) is 32.1 Å². The fourth-order valence-electron chi connectivity index (χ4n) is 2.61. The van der Waals surface area contributed by atoms with Crippen molar-refractivity contribution in [3.05, 3.63) is 44.8 Å². The van der Waals surface area contributed by atoms with Crippen LogP contribution in [0, 0.1) is 6.92 Å². The Morgan fingerprint density at radius 2 is 2.21 bits per heavy atom. The van der Waals surface area contributed by atoms with E-state index in [1.165, 1.54) is 11.3 Å². The standard InChI is InChI=1S/C16H18N4O3S/c1-4-20-7-6-17-11(20)8-10-18-14(21)12-9(3)13(16(22)23-5-2)24-15(12)19-10/h6-7H,4-5,8H2,1-3H3,(H,18,19,21). The Hall–Kier alpha value is -2.48. The van der Waals surface area contributed by atoms with Gasteiger partial charge in [0.2, 0.25) is 0 Å². The van der Waals surface area contributed by atoms with Crippen molar-refractivity contribution in [2.75, 3.05) is 6.61 Å². The number of nitrogens with one attached hydrogen (secondary N) is 1. The molecule has 3 aromatic heterocycles. The summed E-state index contributed by atoms with van der Waals surface area (Å²) in [4.78, 5) is 37.0. The zero-order valence-corrected chi connectivity index (χ0v) is 14.6. The van der Waals surface area contributed by atoms with Gasteiger partial charge < -0.3 is 14.3 Å². The van der Waals surface area contributed by atoms with Gasteiger partial charge in [0.05, 0.1) is 18.4 Å². The summed E-state index contributed by atoms with van der Waals surface area (Å²) in [6, 6.07) is 0. The van der Waals surface area contributed by atoms with E-state index < -0.39 is 5.97 Å². The molecule has 3 heterocycles. The van der Waals surface area contributed by atoms with Gasteiger partial charge in [-0.1, -0.05) is 0 Å². The summed E-state index contributed by atoms with van der Waals surface area (Å²) in [7, 11) is 0.